The third-order valence-corrected chi connectivity index (χ3v) is 3.76. The molecule has 2 N–H and O–H groups in total. The van der Waals surface area contributed by atoms with Crippen molar-refractivity contribution in [3.63, 3.8) is 0 Å². The predicted molar refractivity (Wildman–Crippen MR) is 77.5 cm³/mol. The number of hydrogen-bond donors (Lipinski definition) is 1. The topological polar surface area (TPSA) is 55.0 Å². The lowest BCUT2D eigenvalue weighted by Crippen LogP contribution is -2.21. The standard InChI is InChI=1S/C14H15ClN4/c15-13-8-12(14(16)18-17-13)19-7-6-11(9-19)10-4-2-1-3-5-10/h1-5,8,11H,6-7,9H2,(H2,16,18). The number of halogens is 1. The number of aromatic nitrogens is 2. The normalized spacial score (nSPS) is 18.8. The molecule has 0 spiro atoms. The molecule has 2 heterocycles. The first kappa shape index (κ1) is 12.2. The summed E-state index contributed by atoms with van der Waals surface area (Å²) in [7, 11) is 0. The van der Waals surface area contributed by atoms with Gasteiger partial charge in [-0.2, -0.15) is 0 Å². The van der Waals surface area contributed by atoms with Crippen molar-refractivity contribution in [2.75, 3.05) is 23.7 Å². The third-order valence-electron chi connectivity index (χ3n) is 3.57. The first-order valence-corrected chi connectivity index (χ1v) is 6.70. The van der Waals surface area contributed by atoms with Crippen LogP contribution in [0.1, 0.15) is 17.9 Å². The summed E-state index contributed by atoms with van der Waals surface area (Å²) in [5, 5.41) is 8.01. The summed E-state index contributed by atoms with van der Waals surface area (Å²) in [4.78, 5) is 2.23. The molecule has 1 fully saturated rings. The molecule has 1 aromatic carbocycles. The Labute approximate surface area is 117 Å². The van der Waals surface area contributed by atoms with E-state index in [1.165, 1.54) is 5.56 Å². The van der Waals surface area contributed by atoms with Crippen LogP contribution in [0.5, 0.6) is 0 Å². The van der Waals surface area contributed by atoms with E-state index in [1.807, 2.05) is 6.07 Å². The Bertz CT molecular complexity index is 573. The second kappa shape index (κ2) is 5.05. The summed E-state index contributed by atoms with van der Waals surface area (Å²) in [6.45, 7) is 1.90. The van der Waals surface area contributed by atoms with E-state index in [2.05, 4.69) is 39.4 Å². The van der Waals surface area contributed by atoms with Gasteiger partial charge in [0.1, 0.15) is 0 Å². The summed E-state index contributed by atoms with van der Waals surface area (Å²) >= 11 is 5.89. The summed E-state index contributed by atoms with van der Waals surface area (Å²) in [6, 6.07) is 12.3. The largest absolute Gasteiger partial charge is 0.380 e. The number of anilines is 2. The zero-order valence-electron chi connectivity index (χ0n) is 10.5. The summed E-state index contributed by atoms with van der Waals surface area (Å²) < 4.78 is 0. The second-order valence-electron chi connectivity index (χ2n) is 4.78. The Morgan fingerprint density at radius 1 is 1.21 bits per heavy atom. The minimum atomic E-state index is 0.382. The molecule has 0 radical (unpaired) electrons. The molecule has 19 heavy (non-hydrogen) atoms. The highest BCUT2D eigenvalue weighted by atomic mass is 35.5. The number of nitrogens with two attached hydrogens (primary N) is 1. The highest BCUT2D eigenvalue weighted by Gasteiger charge is 2.25. The molecule has 98 valence electrons. The van der Waals surface area contributed by atoms with Crippen molar-refractivity contribution in [1.29, 1.82) is 0 Å². The van der Waals surface area contributed by atoms with Gasteiger partial charge >= 0.3 is 0 Å². The van der Waals surface area contributed by atoms with Crippen molar-refractivity contribution < 1.29 is 0 Å². The van der Waals surface area contributed by atoms with Crippen LogP contribution in [-0.4, -0.2) is 23.3 Å². The Balaban J connectivity index is 1.81. The van der Waals surface area contributed by atoms with Gasteiger partial charge in [0, 0.05) is 25.1 Å². The molecule has 0 saturated carbocycles. The molecule has 0 bridgehead atoms. The van der Waals surface area contributed by atoms with E-state index >= 15 is 0 Å². The SMILES string of the molecule is Nc1nnc(Cl)cc1N1CCC(c2ccccc2)C1. The minimum absolute atomic E-state index is 0.382. The van der Waals surface area contributed by atoms with Gasteiger partial charge in [-0.3, -0.25) is 0 Å². The molecular formula is C14H15ClN4. The fraction of sp³-hybridized carbons (Fsp3) is 0.286. The monoisotopic (exact) mass is 274 g/mol. The van der Waals surface area contributed by atoms with Gasteiger partial charge in [0.2, 0.25) is 0 Å². The maximum Gasteiger partial charge on any atom is 0.169 e. The average Bonchev–Trinajstić information content (AvgIpc) is 2.92. The number of nitrogens with zero attached hydrogens (tertiary/aromatic N) is 3. The first-order valence-electron chi connectivity index (χ1n) is 6.32. The predicted octanol–water partition coefficient (Wildman–Crippen LogP) is 2.71. The van der Waals surface area contributed by atoms with E-state index in [0.29, 0.717) is 16.9 Å². The number of rotatable bonds is 2. The van der Waals surface area contributed by atoms with Gasteiger partial charge in [-0.05, 0) is 12.0 Å². The van der Waals surface area contributed by atoms with Crippen LogP contribution in [0.2, 0.25) is 5.15 Å². The van der Waals surface area contributed by atoms with Gasteiger partial charge in [0.15, 0.2) is 11.0 Å². The summed E-state index contributed by atoms with van der Waals surface area (Å²) in [6.07, 6.45) is 1.11. The van der Waals surface area contributed by atoms with Crippen LogP contribution < -0.4 is 10.6 Å². The lowest BCUT2D eigenvalue weighted by atomic mass is 9.99. The number of nitrogen functional groups attached to an aromatic ring is 1. The smallest absolute Gasteiger partial charge is 0.169 e. The first-order chi connectivity index (χ1) is 9.24. The summed E-state index contributed by atoms with van der Waals surface area (Å²) in [5.41, 5.74) is 8.14. The number of benzene rings is 1. The molecule has 1 saturated heterocycles. The van der Waals surface area contributed by atoms with Crippen LogP contribution in [0.4, 0.5) is 11.5 Å². The van der Waals surface area contributed by atoms with E-state index < -0.39 is 0 Å². The van der Waals surface area contributed by atoms with Gasteiger partial charge in [0.25, 0.3) is 0 Å². The van der Waals surface area contributed by atoms with E-state index in [9.17, 15) is 0 Å². The fourth-order valence-electron chi connectivity index (χ4n) is 2.60. The Kier molecular flexibility index (Phi) is 3.25. The van der Waals surface area contributed by atoms with E-state index in [0.717, 1.165) is 25.2 Å². The highest BCUT2D eigenvalue weighted by molar-refractivity contribution is 6.29. The fourth-order valence-corrected chi connectivity index (χ4v) is 2.74. The Hall–Kier alpha value is -1.81. The molecule has 3 rings (SSSR count). The van der Waals surface area contributed by atoms with Crippen LogP contribution in [0, 0.1) is 0 Å². The molecule has 4 nitrogen and oxygen atoms in total. The van der Waals surface area contributed by atoms with Crippen LogP contribution >= 0.6 is 11.6 Å². The molecular weight excluding hydrogens is 260 g/mol. The Morgan fingerprint density at radius 3 is 2.79 bits per heavy atom. The molecule has 5 heteroatoms. The third kappa shape index (κ3) is 2.49. The lowest BCUT2D eigenvalue weighted by Gasteiger charge is -2.19. The highest BCUT2D eigenvalue weighted by Crippen LogP contribution is 2.33. The molecule has 1 atom stereocenters. The van der Waals surface area contributed by atoms with E-state index in [1.54, 1.807) is 6.07 Å². The molecule has 2 aromatic rings. The quantitative estimate of drug-likeness (QED) is 0.915. The van der Waals surface area contributed by atoms with Gasteiger partial charge in [-0.25, -0.2) is 0 Å². The number of hydrogen-bond acceptors (Lipinski definition) is 4. The van der Waals surface area contributed by atoms with Gasteiger partial charge in [0.05, 0.1) is 5.69 Å². The molecule has 1 aliphatic rings. The van der Waals surface area contributed by atoms with E-state index in [4.69, 9.17) is 17.3 Å². The second-order valence-corrected chi connectivity index (χ2v) is 5.17. The zero-order valence-corrected chi connectivity index (χ0v) is 11.2. The maximum atomic E-state index is 5.89. The minimum Gasteiger partial charge on any atom is -0.380 e. The van der Waals surface area contributed by atoms with Crippen molar-refractivity contribution in [2.24, 2.45) is 0 Å². The molecule has 0 amide bonds. The van der Waals surface area contributed by atoms with Crippen LogP contribution in [-0.2, 0) is 0 Å². The van der Waals surface area contributed by atoms with Gasteiger partial charge in [-0.1, -0.05) is 41.9 Å². The molecule has 1 aliphatic heterocycles. The molecule has 0 aliphatic carbocycles. The zero-order chi connectivity index (χ0) is 13.2. The van der Waals surface area contributed by atoms with Crippen LogP contribution in [0.3, 0.4) is 0 Å². The van der Waals surface area contributed by atoms with Crippen molar-refractivity contribution in [1.82, 2.24) is 10.2 Å². The van der Waals surface area contributed by atoms with Crippen LogP contribution in [0.25, 0.3) is 0 Å². The lowest BCUT2D eigenvalue weighted by molar-refractivity contribution is 0.775. The maximum absolute atomic E-state index is 5.89. The summed E-state index contributed by atoms with van der Waals surface area (Å²) in [5.74, 6) is 0.977. The van der Waals surface area contributed by atoms with Crippen molar-refractivity contribution in [3.8, 4) is 0 Å². The average molecular weight is 275 g/mol. The molecule has 1 unspecified atom stereocenters. The Morgan fingerprint density at radius 2 is 2.00 bits per heavy atom. The van der Waals surface area contributed by atoms with Crippen molar-refractivity contribution in [3.05, 3.63) is 47.1 Å². The molecule has 1 aromatic heterocycles. The van der Waals surface area contributed by atoms with Crippen molar-refractivity contribution in [2.45, 2.75) is 12.3 Å². The van der Waals surface area contributed by atoms with Crippen molar-refractivity contribution >= 4 is 23.1 Å². The van der Waals surface area contributed by atoms with E-state index in [-0.39, 0.29) is 0 Å². The van der Waals surface area contributed by atoms with Crippen LogP contribution in [0.15, 0.2) is 36.4 Å². The van der Waals surface area contributed by atoms with Gasteiger partial charge in [-0.15, -0.1) is 10.2 Å². The van der Waals surface area contributed by atoms with Gasteiger partial charge < -0.3 is 10.6 Å².